The van der Waals surface area contributed by atoms with E-state index in [0.717, 1.165) is 37.7 Å². The smallest absolute Gasteiger partial charge is 0.341 e. The number of aryl methyl sites for hydroxylation is 1. The molecule has 0 bridgehead atoms. The molecule has 178 valence electrons. The molecule has 0 amide bonds. The van der Waals surface area contributed by atoms with Gasteiger partial charge in [0.2, 0.25) is 0 Å². The van der Waals surface area contributed by atoms with Crippen molar-refractivity contribution in [1.82, 2.24) is 0 Å². The lowest BCUT2D eigenvalue weighted by Gasteiger charge is -2.16. The average Bonchev–Trinajstić information content (AvgIpc) is 3.13. The second-order valence-electron chi connectivity index (χ2n) is 7.44. The molecule has 1 aromatic heterocycles. The van der Waals surface area contributed by atoms with Crippen LogP contribution in [0.3, 0.4) is 0 Å². The molecule has 1 aromatic carbocycles. The summed E-state index contributed by atoms with van der Waals surface area (Å²) in [6.45, 7) is 0. The maximum atomic E-state index is 12.6. The van der Waals surface area contributed by atoms with Crippen molar-refractivity contribution < 1.29 is 28.5 Å². The molecular weight excluding hydrogens is 464 g/mol. The number of benzene rings is 1. The predicted molar refractivity (Wildman–Crippen MR) is 132 cm³/mol. The molecule has 1 aliphatic carbocycles. The minimum Gasteiger partial charge on any atom is -0.493 e. The van der Waals surface area contributed by atoms with Crippen LogP contribution in [0.5, 0.6) is 11.5 Å². The van der Waals surface area contributed by atoms with Gasteiger partial charge in [-0.1, -0.05) is 12.8 Å². The summed E-state index contributed by atoms with van der Waals surface area (Å²) in [5.41, 5.74) is 2.18. The lowest BCUT2D eigenvalue weighted by atomic mass is 9.96. The van der Waals surface area contributed by atoms with E-state index in [-0.39, 0.29) is 16.6 Å². The summed E-state index contributed by atoms with van der Waals surface area (Å²) in [5, 5.41) is 7.01. The van der Waals surface area contributed by atoms with Gasteiger partial charge in [0, 0.05) is 17.0 Å². The maximum Gasteiger partial charge on any atom is 0.341 e. The molecule has 33 heavy (non-hydrogen) atoms. The fourth-order valence-corrected chi connectivity index (χ4v) is 5.40. The number of esters is 2. The Morgan fingerprint density at radius 1 is 0.879 bits per heavy atom. The number of thiocarbonyl (C=S) groups is 1. The summed E-state index contributed by atoms with van der Waals surface area (Å²) in [6, 6.07) is 3.13. The van der Waals surface area contributed by atoms with E-state index in [4.69, 9.17) is 31.2 Å². The molecule has 0 saturated carbocycles. The van der Waals surface area contributed by atoms with Crippen LogP contribution in [0.4, 0.5) is 10.7 Å². The van der Waals surface area contributed by atoms with Crippen molar-refractivity contribution in [3.8, 4) is 11.5 Å². The van der Waals surface area contributed by atoms with Gasteiger partial charge in [-0.3, -0.25) is 0 Å². The lowest BCUT2D eigenvalue weighted by molar-refractivity contribution is 0.0592. The molecule has 2 N–H and O–H groups in total. The van der Waals surface area contributed by atoms with Crippen LogP contribution in [-0.2, 0) is 22.3 Å². The number of nitrogens with one attached hydrogen (secondary N) is 2. The van der Waals surface area contributed by atoms with E-state index in [9.17, 15) is 9.59 Å². The third-order valence-corrected chi connectivity index (χ3v) is 6.88. The average molecular weight is 493 g/mol. The lowest BCUT2D eigenvalue weighted by Crippen LogP contribution is -2.22. The van der Waals surface area contributed by atoms with E-state index in [0.29, 0.717) is 27.8 Å². The SMILES string of the molecule is COC(=O)c1cc(OC)c(OC)cc1NC(=S)Nc1sc2c(c1C(=O)OC)CCCCCC2. The normalized spacial score (nSPS) is 13.1. The first-order valence-electron chi connectivity index (χ1n) is 10.6. The quantitative estimate of drug-likeness (QED) is 0.435. The molecule has 0 atom stereocenters. The Kier molecular flexibility index (Phi) is 8.51. The zero-order chi connectivity index (χ0) is 24.0. The third kappa shape index (κ3) is 5.56. The van der Waals surface area contributed by atoms with Crippen molar-refractivity contribution in [2.45, 2.75) is 38.5 Å². The molecule has 0 radical (unpaired) electrons. The molecule has 10 heteroatoms. The van der Waals surface area contributed by atoms with Gasteiger partial charge >= 0.3 is 11.9 Å². The van der Waals surface area contributed by atoms with E-state index in [1.165, 1.54) is 57.1 Å². The van der Waals surface area contributed by atoms with Crippen LogP contribution in [0.25, 0.3) is 0 Å². The van der Waals surface area contributed by atoms with Crippen LogP contribution in [0.15, 0.2) is 12.1 Å². The zero-order valence-corrected chi connectivity index (χ0v) is 20.8. The molecule has 0 fully saturated rings. The second-order valence-corrected chi connectivity index (χ2v) is 8.95. The van der Waals surface area contributed by atoms with Crippen molar-refractivity contribution >= 4 is 51.3 Å². The van der Waals surface area contributed by atoms with E-state index < -0.39 is 5.97 Å². The molecule has 2 aromatic rings. The van der Waals surface area contributed by atoms with Crippen LogP contribution in [0, 0.1) is 0 Å². The topological polar surface area (TPSA) is 95.1 Å². The number of carbonyl (C=O) groups excluding carboxylic acids is 2. The molecule has 0 unspecified atom stereocenters. The summed E-state index contributed by atoms with van der Waals surface area (Å²) in [5.74, 6) is -0.145. The molecule has 0 saturated heterocycles. The van der Waals surface area contributed by atoms with Crippen LogP contribution in [0.1, 0.15) is 56.8 Å². The largest absolute Gasteiger partial charge is 0.493 e. The Labute approximate surface area is 202 Å². The minimum atomic E-state index is -0.560. The Balaban J connectivity index is 1.93. The van der Waals surface area contributed by atoms with Gasteiger partial charge in [0.15, 0.2) is 16.6 Å². The van der Waals surface area contributed by atoms with E-state index in [2.05, 4.69) is 10.6 Å². The number of thiophene rings is 1. The number of carbonyl (C=O) groups is 2. The Morgan fingerprint density at radius 2 is 1.52 bits per heavy atom. The zero-order valence-electron chi connectivity index (χ0n) is 19.2. The molecule has 0 spiro atoms. The first-order chi connectivity index (χ1) is 15.9. The standard InChI is InChI=1S/C23H28N2O6S2/c1-28-16-11-14(21(26)30-3)15(12-17(16)29-2)24-23(32)25-20-19(22(27)31-4)13-9-7-5-6-8-10-18(13)33-20/h11-12H,5-10H2,1-4H3,(H2,24,25,32). The number of ether oxygens (including phenoxy) is 4. The van der Waals surface area contributed by atoms with E-state index in [1.807, 2.05) is 0 Å². The fourth-order valence-electron chi connectivity index (χ4n) is 3.84. The van der Waals surface area contributed by atoms with Crippen molar-refractivity contribution in [2.75, 3.05) is 39.1 Å². The first kappa shape index (κ1) is 24.8. The molecule has 3 rings (SSSR count). The summed E-state index contributed by atoms with van der Waals surface area (Å²) in [7, 11) is 5.65. The van der Waals surface area contributed by atoms with E-state index in [1.54, 1.807) is 6.07 Å². The van der Waals surface area contributed by atoms with Gasteiger partial charge in [0.1, 0.15) is 5.00 Å². The Morgan fingerprint density at radius 3 is 2.15 bits per heavy atom. The van der Waals surface area contributed by atoms with Gasteiger partial charge in [-0.2, -0.15) is 0 Å². The first-order valence-corrected chi connectivity index (χ1v) is 11.8. The van der Waals surface area contributed by atoms with Crippen molar-refractivity contribution in [1.29, 1.82) is 0 Å². The molecule has 8 nitrogen and oxygen atoms in total. The highest BCUT2D eigenvalue weighted by atomic mass is 32.1. The van der Waals surface area contributed by atoms with Crippen molar-refractivity contribution in [2.24, 2.45) is 0 Å². The van der Waals surface area contributed by atoms with Crippen LogP contribution in [-0.4, -0.2) is 45.5 Å². The van der Waals surface area contributed by atoms with Crippen LogP contribution in [0.2, 0.25) is 0 Å². The Hall–Kier alpha value is -2.85. The summed E-state index contributed by atoms with van der Waals surface area (Å²) in [4.78, 5) is 26.2. The minimum absolute atomic E-state index is 0.215. The maximum absolute atomic E-state index is 12.6. The number of hydrogen-bond acceptors (Lipinski definition) is 8. The predicted octanol–water partition coefficient (Wildman–Crippen LogP) is 4.81. The molecule has 0 aliphatic heterocycles. The Bertz CT molecular complexity index is 1050. The van der Waals surface area contributed by atoms with Gasteiger partial charge in [0.05, 0.1) is 45.3 Å². The highest BCUT2D eigenvalue weighted by molar-refractivity contribution is 7.80. The van der Waals surface area contributed by atoms with Gasteiger partial charge in [-0.25, -0.2) is 9.59 Å². The summed E-state index contributed by atoms with van der Waals surface area (Å²) < 4.78 is 20.6. The van der Waals surface area contributed by atoms with Crippen molar-refractivity contribution in [3.63, 3.8) is 0 Å². The van der Waals surface area contributed by atoms with Gasteiger partial charge in [0.25, 0.3) is 0 Å². The van der Waals surface area contributed by atoms with Gasteiger partial charge in [-0.05, 0) is 43.5 Å². The summed E-state index contributed by atoms with van der Waals surface area (Å²) in [6.07, 6.45) is 6.21. The number of rotatable bonds is 6. The molecule has 1 heterocycles. The third-order valence-electron chi connectivity index (χ3n) is 5.47. The molecular formula is C23H28N2O6S2. The van der Waals surface area contributed by atoms with Crippen LogP contribution < -0.4 is 20.1 Å². The van der Waals surface area contributed by atoms with Gasteiger partial charge in [-0.15, -0.1) is 11.3 Å². The van der Waals surface area contributed by atoms with Crippen molar-refractivity contribution in [3.05, 3.63) is 33.7 Å². The number of hydrogen-bond donors (Lipinski definition) is 2. The van der Waals surface area contributed by atoms with Crippen LogP contribution >= 0.6 is 23.6 Å². The number of fused-ring (bicyclic) bond motifs is 1. The highest BCUT2D eigenvalue weighted by Gasteiger charge is 2.26. The fraction of sp³-hybridized carbons (Fsp3) is 0.435. The monoisotopic (exact) mass is 492 g/mol. The van der Waals surface area contributed by atoms with E-state index >= 15 is 0 Å². The number of anilines is 2. The molecule has 1 aliphatic rings. The summed E-state index contributed by atoms with van der Waals surface area (Å²) >= 11 is 7.05. The number of methoxy groups -OCH3 is 4. The van der Waals surface area contributed by atoms with Gasteiger partial charge < -0.3 is 29.6 Å². The highest BCUT2D eigenvalue weighted by Crippen LogP contribution is 2.38. The second kappa shape index (κ2) is 11.3.